The van der Waals surface area contributed by atoms with Crippen LogP contribution in [-0.2, 0) is 4.74 Å². The zero-order valence-corrected chi connectivity index (χ0v) is 14.8. The third-order valence-electron chi connectivity index (χ3n) is 4.19. The van der Waals surface area contributed by atoms with Gasteiger partial charge in [0, 0.05) is 19.3 Å². The van der Waals surface area contributed by atoms with Gasteiger partial charge in [-0.25, -0.2) is 15.0 Å². The van der Waals surface area contributed by atoms with E-state index in [-0.39, 0.29) is 0 Å². The number of hydrogen-bond acceptors (Lipinski definition) is 7. The first-order valence-electron chi connectivity index (χ1n) is 8.09. The minimum atomic E-state index is 0.575. The zero-order valence-electron chi connectivity index (χ0n) is 14.0. The summed E-state index contributed by atoms with van der Waals surface area (Å²) < 4.78 is 5.42. The maximum absolute atomic E-state index is 5.97. The van der Waals surface area contributed by atoms with Gasteiger partial charge in [0.05, 0.1) is 35.3 Å². The van der Waals surface area contributed by atoms with Crippen LogP contribution in [-0.4, -0.2) is 51.2 Å². The molecule has 3 aromatic heterocycles. The molecule has 1 fully saturated rings. The minimum absolute atomic E-state index is 0.575. The number of fused-ring (bicyclic) bond motifs is 1. The predicted molar refractivity (Wildman–Crippen MR) is 95.9 cm³/mol. The molecule has 0 spiro atoms. The van der Waals surface area contributed by atoms with E-state index in [9.17, 15) is 0 Å². The lowest BCUT2D eigenvalue weighted by atomic mass is 10.2. The fourth-order valence-electron chi connectivity index (χ4n) is 2.70. The smallest absolute Gasteiger partial charge is 0.228 e. The van der Waals surface area contributed by atoms with Crippen molar-refractivity contribution in [1.29, 1.82) is 0 Å². The van der Waals surface area contributed by atoms with Crippen LogP contribution in [0.3, 0.4) is 0 Å². The second-order valence-corrected chi connectivity index (χ2v) is 6.34. The van der Waals surface area contributed by atoms with Crippen LogP contribution in [0.15, 0.2) is 18.3 Å². The molecule has 4 rings (SSSR count). The van der Waals surface area contributed by atoms with E-state index in [0.29, 0.717) is 46.7 Å². The Bertz CT molecular complexity index is 925. The molecule has 8 heteroatoms. The lowest BCUT2D eigenvalue weighted by Gasteiger charge is -2.27. The number of halogens is 1. The molecule has 0 saturated carbocycles. The van der Waals surface area contributed by atoms with Crippen molar-refractivity contribution in [2.75, 3.05) is 31.2 Å². The molecule has 3 aromatic rings. The van der Waals surface area contributed by atoms with Crippen LogP contribution in [0.5, 0.6) is 0 Å². The van der Waals surface area contributed by atoms with Gasteiger partial charge in [-0.1, -0.05) is 11.6 Å². The molecule has 0 radical (unpaired) electrons. The van der Waals surface area contributed by atoms with Crippen LogP contribution < -0.4 is 4.90 Å². The van der Waals surface area contributed by atoms with Crippen molar-refractivity contribution in [3.05, 3.63) is 34.7 Å². The maximum atomic E-state index is 5.97. The molecule has 0 aliphatic carbocycles. The van der Waals surface area contributed by atoms with Gasteiger partial charge >= 0.3 is 0 Å². The number of pyridine rings is 1. The van der Waals surface area contributed by atoms with Gasteiger partial charge in [-0.15, -0.1) is 0 Å². The van der Waals surface area contributed by atoms with E-state index in [4.69, 9.17) is 21.3 Å². The monoisotopic (exact) mass is 356 g/mol. The van der Waals surface area contributed by atoms with Gasteiger partial charge in [-0.3, -0.25) is 4.98 Å². The Morgan fingerprint density at radius 2 is 1.76 bits per heavy atom. The molecule has 1 saturated heterocycles. The Hall–Kier alpha value is -2.38. The summed E-state index contributed by atoms with van der Waals surface area (Å²) in [5, 5.41) is 0.577. The van der Waals surface area contributed by atoms with E-state index in [2.05, 4.69) is 24.8 Å². The van der Waals surface area contributed by atoms with Gasteiger partial charge in [-0.2, -0.15) is 4.98 Å². The highest BCUT2D eigenvalue weighted by Crippen LogP contribution is 2.26. The van der Waals surface area contributed by atoms with Crippen LogP contribution in [0, 0.1) is 13.8 Å². The highest BCUT2D eigenvalue weighted by molar-refractivity contribution is 6.30. The van der Waals surface area contributed by atoms with E-state index < -0.39 is 0 Å². The number of aromatic nitrogens is 5. The molecule has 7 nitrogen and oxygen atoms in total. The number of nitrogens with zero attached hydrogens (tertiary/aromatic N) is 6. The van der Waals surface area contributed by atoms with Crippen LogP contribution in [0.4, 0.5) is 5.95 Å². The average molecular weight is 357 g/mol. The molecule has 0 amide bonds. The first kappa shape index (κ1) is 16.1. The number of hydrogen-bond donors (Lipinski definition) is 0. The second kappa shape index (κ2) is 6.50. The Labute approximate surface area is 150 Å². The second-order valence-electron chi connectivity index (χ2n) is 5.90. The van der Waals surface area contributed by atoms with Crippen LogP contribution >= 0.6 is 11.6 Å². The minimum Gasteiger partial charge on any atom is -0.378 e. The van der Waals surface area contributed by atoms with Gasteiger partial charge in [0.25, 0.3) is 0 Å². The zero-order chi connectivity index (χ0) is 17.4. The molecule has 0 aromatic carbocycles. The molecule has 0 unspecified atom stereocenters. The highest BCUT2D eigenvalue weighted by atomic mass is 35.5. The summed E-state index contributed by atoms with van der Waals surface area (Å²) in [5.74, 6) is 0.625. The summed E-state index contributed by atoms with van der Waals surface area (Å²) in [5.41, 5.74) is 4.29. The van der Waals surface area contributed by atoms with E-state index in [1.807, 2.05) is 19.9 Å². The maximum Gasteiger partial charge on any atom is 0.228 e. The summed E-state index contributed by atoms with van der Waals surface area (Å²) in [4.78, 5) is 25.1. The van der Waals surface area contributed by atoms with E-state index in [1.54, 1.807) is 12.3 Å². The molecule has 0 N–H and O–H groups in total. The van der Waals surface area contributed by atoms with Gasteiger partial charge in [-0.05, 0) is 26.0 Å². The summed E-state index contributed by atoms with van der Waals surface area (Å²) in [6.45, 7) is 6.67. The van der Waals surface area contributed by atoms with Crippen LogP contribution in [0.1, 0.15) is 11.4 Å². The first-order chi connectivity index (χ1) is 12.1. The standard InChI is InChI=1S/C17H17ClN6O/c1-10-11(2)21-16-15(20-10)14(13-4-3-12(18)9-19-13)22-17(23-16)24-5-7-25-8-6-24/h3-4,9H,5-8H2,1-2H3. The highest BCUT2D eigenvalue weighted by Gasteiger charge is 2.20. The number of ether oxygens (including phenoxy) is 1. The number of morpholine rings is 1. The summed E-state index contributed by atoms with van der Waals surface area (Å²) in [7, 11) is 0. The molecule has 25 heavy (non-hydrogen) atoms. The van der Waals surface area contributed by atoms with Crippen LogP contribution in [0.25, 0.3) is 22.6 Å². The fourth-order valence-corrected chi connectivity index (χ4v) is 2.81. The largest absolute Gasteiger partial charge is 0.378 e. The molecular weight excluding hydrogens is 340 g/mol. The van der Waals surface area contributed by atoms with Crippen molar-refractivity contribution in [3.63, 3.8) is 0 Å². The van der Waals surface area contributed by atoms with Crippen molar-refractivity contribution < 1.29 is 4.74 Å². The third-order valence-corrected chi connectivity index (χ3v) is 4.42. The Kier molecular flexibility index (Phi) is 4.19. The lowest BCUT2D eigenvalue weighted by Crippen LogP contribution is -2.37. The Morgan fingerprint density at radius 1 is 1.00 bits per heavy atom. The molecule has 4 heterocycles. The normalized spacial score (nSPS) is 14.9. The summed E-state index contributed by atoms with van der Waals surface area (Å²) >= 11 is 5.97. The SMILES string of the molecule is Cc1nc2nc(N3CCOCC3)nc(-c3ccc(Cl)cn3)c2nc1C. The topological polar surface area (TPSA) is 76.9 Å². The van der Waals surface area contributed by atoms with E-state index >= 15 is 0 Å². The number of anilines is 1. The van der Waals surface area contributed by atoms with Gasteiger partial charge in [0.2, 0.25) is 5.95 Å². The fraction of sp³-hybridized carbons (Fsp3) is 0.353. The third kappa shape index (κ3) is 3.12. The van der Waals surface area contributed by atoms with Crippen molar-refractivity contribution in [2.24, 2.45) is 0 Å². The molecule has 1 aliphatic rings. The average Bonchev–Trinajstić information content (AvgIpc) is 2.63. The quantitative estimate of drug-likeness (QED) is 0.698. The Balaban J connectivity index is 1.93. The number of rotatable bonds is 2. The van der Waals surface area contributed by atoms with Crippen molar-refractivity contribution in [1.82, 2.24) is 24.9 Å². The van der Waals surface area contributed by atoms with Crippen molar-refractivity contribution >= 4 is 28.7 Å². The number of aryl methyl sites for hydroxylation is 2. The summed E-state index contributed by atoms with van der Waals surface area (Å²) in [6.07, 6.45) is 1.60. The molecular formula is C17H17ClN6O. The molecule has 128 valence electrons. The Morgan fingerprint density at radius 3 is 2.48 bits per heavy atom. The van der Waals surface area contributed by atoms with Crippen molar-refractivity contribution in [3.8, 4) is 11.4 Å². The molecule has 0 atom stereocenters. The van der Waals surface area contributed by atoms with Gasteiger partial charge < -0.3 is 9.64 Å². The first-order valence-corrected chi connectivity index (χ1v) is 8.47. The van der Waals surface area contributed by atoms with Gasteiger partial charge in [0.1, 0.15) is 11.2 Å². The van der Waals surface area contributed by atoms with E-state index in [0.717, 1.165) is 24.5 Å². The lowest BCUT2D eigenvalue weighted by molar-refractivity contribution is 0.122. The summed E-state index contributed by atoms with van der Waals surface area (Å²) in [6, 6.07) is 3.63. The molecule has 0 bridgehead atoms. The van der Waals surface area contributed by atoms with E-state index in [1.165, 1.54) is 0 Å². The van der Waals surface area contributed by atoms with Crippen molar-refractivity contribution in [2.45, 2.75) is 13.8 Å². The van der Waals surface area contributed by atoms with Gasteiger partial charge in [0.15, 0.2) is 5.65 Å². The predicted octanol–water partition coefficient (Wildman–Crippen LogP) is 2.59. The van der Waals surface area contributed by atoms with Crippen LogP contribution in [0.2, 0.25) is 5.02 Å². The molecule has 1 aliphatic heterocycles.